The van der Waals surface area contributed by atoms with E-state index in [1.54, 1.807) is 34.4 Å². The van der Waals surface area contributed by atoms with Crippen LogP contribution < -0.4 is 24.2 Å². The van der Waals surface area contributed by atoms with Crippen LogP contribution in [-0.2, 0) is 13.1 Å². The van der Waals surface area contributed by atoms with Crippen molar-refractivity contribution in [1.29, 1.82) is 0 Å². The number of anilines is 1. The quantitative estimate of drug-likeness (QED) is 0.205. The highest BCUT2D eigenvalue weighted by Gasteiger charge is 2.25. The lowest BCUT2D eigenvalue weighted by atomic mass is 10.1. The van der Waals surface area contributed by atoms with Crippen LogP contribution in [0.2, 0.25) is 0 Å². The third-order valence-corrected chi connectivity index (χ3v) is 11.1. The summed E-state index contributed by atoms with van der Waals surface area (Å²) in [5.74, 6) is 0. The minimum Gasteiger partial charge on any atom is -0.335 e. The van der Waals surface area contributed by atoms with E-state index in [9.17, 15) is 4.79 Å². The molecule has 0 unspecified atom stereocenters. The van der Waals surface area contributed by atoms with Gasteiger partial charge in [-0.15, -0.1) is 11.3 Å². The predicted molar refractivity (Wildman–Crippen MR) is 178 cm³/mol. The Hall–Kier alpha value is -3.65. The molecule has 4 nitrogen and oxygen atoms in total. The third kappa shape index (κ3) is 4.35. The number of thiazole rings is 2. The molecule has 6 aromatic rings. The fraction of sp³-hybridized carbons (Fsp3) is 0.176. The summed E-state index contributed by atoms with van der Waals surface area (Å²) in [6.07, 6.45) is 6.34. The van der Waals surface area contributed by atoms with E-state index in [0.29, 0.717) is 6.54 Å². The Labute approximate surface area is 250 Å². The van der Waals surface area contributed by atoms with Crippen LogP contribution >= 0.6 is 34.4 Å². The van der Waals surface area contributed by atoms with E-state index in [-0.39, 0.29) is 5.56 Å². The number of nitrogens with zero attached hydrogens (tertiary/aromatic N) is 3. The summed E-state index contributed by atoms with van der Waals surface area (Å²) in [5.41, 5.74) is 2.58. The average Bonchev–Trinajstić information content (AvgIpc) is 3.65. The average molecular weight is 593 g/mol. The van der Waals surface area contributed by atoms with Gasteiger partial charge in [-0.1, -0.05) is 77.7 Å². The summed E-state index contributed by atoms with van der Waals surface area (Å²) in [7, 11) is 0. The maximum absolute atomic E-state index is 13.5. The van der Waals surface area contributed by atoms with E-state index in [1.807, 2.05) is 17.6 Å². The molecule has 0 spiro atoms. The van der Waals surface area contributed by atoms with Crippen molar-refractivity contribution in [2.24, 2.45) is 0 Å². The predicted octanol–water partition coefficient (Wildman–Crippen LogP) is 6.84. The van der Waals surface area contributed by atoms with Crippen LogP contribution in [-0.4, -0.2) is 11.1 Å². The number of thioether (sulfide) groups is 1. The molecule has 0 saturated heterocycles. The van der Waals surface area contributed by atoms with Gasteiger partial charge in [0, 0.05) is 34.8 Å². The van der Waals surface area contributed by atoms with Gasteiger partial charge in [0.1, 0.15) is 15.9 Å². The molecule has 7 heteroatoms. The zero-order valence-electron chi connectivity index (χ0n) is 23.3. The van der Waals surface area contributed by atoms with Gasteiger partial charge in [-0.05, 0) is 55.8 Å². The number of aromatic nitrogens is 2. The van der Waals surface area contributed by atoms with Crippen LogP contribution in [0.4, 0.5) is 5.69 Å². The van der Waals surface area contributed by atoms with E-state index in [2.05, 4.69) is 108 Å². The van der Waals surface area contributed by atoms with Gasteiger partial charge in [0.2, 0.25) is 5.52 Å². The lowest BCUT2D eigenvalue weighted by molar-refractivity contribution is -0.665. The molecule has 0 radical (unpaired) electrons. The molecule has 1 aliphatic heterocycles. The first-order valence-electron chi connectivity index (χ1n) is 14.1. The fourth-order valence-corrected chi connectivity index (χ4v) is 9.35. The topological polar surface area (TPSA) is 29.1 Å². The molecule has 4 aromatic carbocycles. The Balaban J connectivity index is 1.34. The maximum Gasteiger partial charge on any atom is 0.269 e. The van der Waals surface area contributed by atoms with Gasteiger partial charge in [0.05, 0.1) is 21.3 Å². The summed E-state index contributed by atoms with van der Waals surface area (Å²) >= 11 is 5.16. The minimum atomic E-state index is 0.0734. The summed E-state index contributed by atoms with van der Waals surface area (Å²) in [5, 5.41) is 7.37. The zero-order chi connectivity index (χ0) is 28.1. The van der Waals surface area contributed by atoms with Crippen molar-refractivity contribution in [2.75, 3.05) is 11.4 Å². The van der Waals surface area contributed by atoms with Crippen LogP contribution in [0.15, 0.2) is 93.6 Å². The van der Waals surface area contributed by atoms with E-state index < -0.39 is 0 Å². The Bertz CT molecular complexity index is 2180. The highest BCUT2D eigenvalue weighted by molar-refractivity contribution is 8.03. The molecular weight excluding hydrogens is 563 g/mol. The molecule has 0 N–H and O–H groups in total. The molecule has 0 atom stereocenters. The van der Waals surface area contributed by atoms with Crippen LogP contribution in [0.1, 0.15) is 25.8 Å². The Morgan fingerprint density at radius 2 is 1.54 bits per heavy atom. The zero-order valence-corrected chi connectivity index (χ0v) is 25.7. The van der Waals surface area contributed by atoms with Gasteiger partial charge in [-0.3, -0.25) is 9.36 Å². The van der Waals surface area contributed by atoms with E-state index in [1.165, 1.54) is 42.3 Å². The second kappa shape index (κ2) is 10.6. The van der Waals surface area contributed by atoms with Crippen molar-refractivity contribution in [1.82, 2.24) is 4.57 Å². The van der Waals surface area contributed by atoms with E-state index in [0.717, 1.165) is 32.3 Å². The van der Waals surface area contributed by atoms with Gasteiger partial charge in [0.25, 0.3) is 10.6 Å². The largest absolute Gasteiger partial charge is 0.335 e. The lowest BCUT2D eigenvalue weighted by Crippen LogP contribution is -2.35. The first kappa shape index (κ1) is 26.3. The molecule has 0 saturated carbocycles. The standard InChI is InChI=1S/C34H30N3OS3/c1-4-35-26-17-15-23-12-8-10-14-25(23)33(26)41-30(35)21-31-37(6-3)34(38)28(40-31)19-20-29-36(5-2)32-24-13-9-7-11-22(24)16-18-27(32)39-29/h7-21H,4-6H2,1-3H3/q+1/b28-19-,29-20-. The molecule has 204 valence electrons. The maximum atomic E-state index is 13.5. The van der Waals surface area contributed by atoms with Crippen LogP contribution in [0, 0.1) is 0 Å². The molecule has 41 heavy (non-hydrogen) atoms. The van der Waals surface area contributed by atoms with E-state index in [4.69, 9.17) is 0 Å². The van der Waals surface area contributed by atoms with Crippen LogP contribution in [0.5, 0.6) is 0 Å². The highest BCUT2D eigenvalue weighted by Crippen LogP contribution is 2.49. The van der Waals surface area contributed by atoms with Gasteiger partial charge in [-0.25, -0.2) is 0 Å². The Morgan fingerprint density at radius 1 is 0.805 bits per heavy atom. The first-order chi connectivity index (χ1) is 20.1. The number of hydrogen-bond acceptors (Lipinski definition) is 5. The van der Waals surface area contributed by atoms with Crippen LogP contribution in [0.3, 0.4) is 0 Å². The van der Waals surface area contributed by atoms with Gasteiger partial charge < -0.3 is 4.90 Å². The number of rotatable bonds is 5. The molecule has 0 bridgehead atoms. The Kier molecular flexibility index (Phi) is 6.81. The molecular formula is C34H30N3OS3+. The van der Waals surface area contributed by atoms with E-state index >= 15 is 0 Å². The lowest BCUT2D eigenvalue weighted by Gasteiger charge is -2.19. The number of allylic oxidation sites excluding steroid dienone is 1. The van der Waals surface area contributed by atoms with Crippen molar-refractivity contribution < 1.29 is 4.57 Å². The number of aryl methyl sites for hydroxylation is 1. The number of benzene rings is 4. The number of fused-ring (bicyclic) bond motifs is 6. The SMILES string of the molecule is CCN1/C(=C/C=c2\s/c(=C\c3sc4c5ccccc5ccc4[n+]3CC)n(CC)c2=O)Sc2ccc3ccccc3c21. The Morgan fingerprint density at radius 3 is 2.29 bits per heavy atom. The van der Waals surface area contributed by atoms with Crippen molar-refractivity contribution in [3.63, 3.8) is 0 Å². The monoisotopic (exact) mass is 592 g/mol. The second-order valence-electron chi connectivity index (χ2n) is 9.97. The smallest absolute Gasteiger partial charge is 0.269 e. The molecule has 7 rings (SSSR count). The molecule has 0 amide bonds. The van der Waals surface area contributed by atoms with Gasteiger partial charge >= 0.3 is 0 Å². The van der Waals surface area contributed by atoms with Crippen molar-refractivity contribution in [2.45, 2.75) is 38.8 Å². The van der Waals surface area contributed by atoms with Crippen molar-refractivity contribution in [3.8, 4) is 0 Å². The summed E-state index contributed by atoms with van der Waals surface area (Å²) in [4.78, 5) is 17.2. The fourth-order valence-electron chi connectivity index (χ4n) is 5.78. The van der Waals surface area contributed by atoms with Crippen molar-refractivity contribution in [3.05, 3.63) is 108 Å². The molecule has 2 aromatic heterocycles. The normalized spacial score (nSPS) is 15.3. The van der Waals surface area contributed by atoms with Crippen LogP contribution in [0.25, 0.3) is 43.9 Å². The number of hydrogen-bond donors (Lipinski definition) is 0. The van der Waals surface area contributed by atoms with Crippen molar-refractivity contribution >= 4 is 84.0 Å². The van der Waals surface area contributed by atoms with Gasteiger partial charge in [0.15, 0.2) is 0 Å². The third-order valence-electron chi connectivity index (χ3n) is 7.75. The first-order valence-corrected chi connectivity index (χ1v) is 16.5. The minimum absolute atomic E-state index is 0.0734. The second-order valence-corrected chi connectivity index (χ2v) is 13.1. The molecule has 0 aliphatic carbocycles. The summed E-state index contributed by atoms with van der Waals surface area (Å²) < 4.78 is 7.30. The molecule has 0 fully saturated rings. The highest BCUT2D eigenvalue weighted by atomic mass is 32.2. The molecule has 3 heterocycles. The molecule has 1 aliphatic rings. The van der Waals surface area contributed by atoms with Gasteiger partial charge in [-0.2, -0.15) is 4.57 Å². The summed E-state index contributed by atoms with van der Waals surface area (Å²) in [6, 6.07) is 26.0. The summed E-state index contributed by atoms with van der Waals surface area (Å²) in [6.45, 7) is 8.80.